The zero-order valence-corrected chi connectivity index (χ0v) is 10.9. The molecule has 1 saturated heterocycles. The molecule has 19 heavy (non-hydrogen) atoms. The number of piperidine rings is 1. The summed E-state index contributed by atoms with van der Waals surface area (Å²) >= 11 is 0. The molecule has 1 aliphatic rings. The highest BCUT2D eigenvalue weighted by atomic mass is 16.4. The summed E-state index contributed by atoms with van der Waals surface area (Å²) in [5, 5.41) is 15.7. The van der Waals surface area contributed by atoms with Crippen molar-refractivity contribution in [2.75, 3.05) is 19.6 Å². The van der Waals surface area contributed by atoms with Crippen molar-refractivity contribution >= 4 is 12.0 Å². The minimum absolute atomic E-state index is 0.131. The molecular formula is C12H18N4O3. The molecule has 1 aliphatic heterocycles. The van der Waals surface area contributed by atoms with Crippen LogP contribution in [0.25, 0.3) is 0 Å². The average molecular weight is 266 g/mol. The molecule has 7 heteroatoms. The van der Waals surface area contributed by atoms with E-state index < -0.39 is 6.09 Å². The zero-order valence-electron chi connectivity index (χ0n) is 10.9. The van der Waals surface area contributed by atoms with Crippen molar-refractivity contribution < 1.29 is 14.7 Å². The van der Waals surface area contributed by atoms with Crippen molar-refractivity contribution in [1.82, 2.24) is 20.0 Å². The van der Waals surface area contributed by atoms with Gasteiger partial charge in [-0.15, -0.1) is 0 Å². The normalized spacial score (nSPS) is 16.4. The molecule has 2 heterocycles. The van der Waals surface area contributed by atoms with Crippen LogP contribution in [0, 0.1) is 5.92 Å². The van der Waals surface area contributed by atoms with Crippen LogP contribution >= 0.6 is 0 Å². The topological polar surface area (TPSA) is 87.5 Å². The van der Waals surface area contributed by atoms with Gasteiger partial charge in [-0.25, -0.2) is 4.79 Å². The fraction of sp³-hybridized carbons (Fsp3) is 0.583. The van der Waals surface area contributed by atoms with E-state index in [2.05, 4.69) is 10.4 Å². The monoisotopic (exact) mass is 266 g/mol. The molecule has 7 nitrogen and oxygen atoms in total. The van der Waals surface area contributed by atoms with Crippen LogP contribution in [0.15, 0.2) is 12.4 Å². The number of carboxylic acid groups (broad SMARTS) is 1. The Morgan fingerprint density at radius 1 is 1.47 bits per heavy atom. The van der Waals surface area contributed by atoms with Crippen LogP contribution in [0.1, 0.15) is 23.2 Å². The van der Waals surface area contributed by atoms with Crippen molar-refractivity contribution in [2.45, 2.75) is 12.8 Å². The fourth-order valence-electron chi connectivity index (χ4n) is 2.21. The van der Waals surface area contributed by atoms with E-state index in [1.165, 1.54) is 11.1 Å². The molecule has 2 rings (SSSR count). The summed E-state index contributed by atoms with van der Waals surface area (Å²) < 4.78 is 1.58. The zero-order chi connectivity index (χ0) is 13.8. The minimum atomic E-state index is -0.863. The third kappa shape index (κ3) is 3.46. The van der Waals surface area contributed by atoms with Crippen molar-refractivity contribution in [2.24, 2.45) is 13.0 Å². The van der Waals surface area contributed by atoms with Gasteiger partial charge in [0.1, 0.15) is 0 Å². The maximum Gasteiger partial charge on any atom is 0.407 e. The van der Waals surface area contributed by atoms with Gasteiger partial charge < -0.3 is 15.3 Å². The Morgan fingerprint density at radius 2 is 2.16 bits per heavy atom. The van der Waals surface area contributed by atoms with Crippen molar-refractivity contribution in [3.8, 4) is 0 Å². The quantitative estimate of drug-likeness (QED) is 0.836. The summed E-state index contributed by atoms with van der Waals surface area (Å²) in [6.45, 7) is 1.67. The lowest BCUT2D eigenvalue weighted by atomic mass is 9.97. The summed E-state index contributed by atoms with van der Waals surface area (Å²) in [6.07, 6.45) is 3.92. The number of nitrogens with zero attached hydrogens (tertiary/aromatic N) is 3. The van der Waals surface area contributed by atoms with Gasteiger partial charge in [0.15, 0.2) is 0 Å². The number of aryl methyl sites for hydroxylation is 1. The third-order valence-electron chi connectivity index (χ3n) is 3.40. The van der Waals surface area contributed by atoms with E-state index in [-0.39, 0.29) is 5.91 Å². The molecule has 1 aromatic heterocycles. The number of likely N-dealkylation sites (tertiary alicyclic amines) is 1. The van der Waals surface area contributed by atoms with Crippen LogP contribution in [-0.2, 0) is 7.05 Å². The van der Waals surface area contributed by atoms with Crippen molar-refractivity contribution in [3.05, 3.63) is 18.0 Å². The van der Waals surface area contributed by atoms with Crippen LogP contribution in [0.4, 0.5) is 4.79 Å². The highest BCUT2D eigenvalue weighted by Crippen LogP contribution is 2.16. The van der Waals surface area contributed by atoms with E-state index in [1.54, 1.807) is 17.9 Å². The van der Waals surface area contributed by atoms with Gasteiger partial charge in [-0.2, -0.15) is 5.10 Å². The molecule has 104 valence electrons. The number of amides is 2. The van der Waals surface area contributed by atoms with Gasteiger partial charge >= 0.3 is 6.09 Å². The predicted octanol–water partition coefficient (Wildman–Crippen LogP) is 0.540. The second kappa shape index (κ2) is 5.73. The molecule has 0 aromatic carbocycles. The Kier molecular flexibility index (Phi) is 4.03. The summed E-state index contributed by atoms with van der Waals surface area (Å²) in [4.78, 5) is 24.0. The van der Waals surface area contributed by atoms with E-state index in [0.717, 1.165) is 12.8 Å². The number of nitrogens with one attached hydrogen (secondary N) is 1. The molecule has 0 bridgehead atoms. The van der Waals surface area contributed by atoms with E-state index in [9.17, 15) is 9.59 Å². The average Bonchev–Trinajstić information content (AvgIpc) is 2.83. The highest BCUT2D eigenvalue weighted by molar-refractivity contribution is 5.93. The number of hydrogen-bond donors (Lipinski definition) is 2. The van der Waals surface area contributed by atoms with Crippen LogP contribution in [0.3, 0.4) is 0 Å². The standard InChI is InChI=1S/C12H18N4O3/c1-15-8-10(7-14-15)11(17)13-6-9-2-4-16(5-3-9)12(18)19/h7-9H,2-6H2,1H3,(H,13,17)(H,18,19). The van der Waals surface area contributed by atoms with E-state index in [0.29, 0.717) is 31.1 Å². The number of aromatic nitrogens is 2. The van der Waals surface area contributed by atoms with Gasteiger partial charge in [0.2, 0.25) is 0 Å². The lowest BCUT2D eigenvalue weighted by molar-refractivity contribution is 0.0928. The highest BCUT2D eigenvalue weighted by Gasteiger charge is 2.22. The first kappa shape index (κ1) is 13.4. The Labute approximate surface area is 111 Å². The number of rotatable bonds is 3. The van der Waals surface area contributed by atoms with Gasteiger partial charge in [0.25, 0.3) is 5.91 Å². The molecule has 0 unspecified atom stereocenters. The first-order valence-corrected chi connectivity index (χ1v) is 6.31. The summed E-state index contributed by atoms with van der Waals surface area (Å²) in [5.41, 5.74) is 0.547. The maximum atomic E-state index is 11.8. The molecule has 0 saturated carbocycles. The SMILES string of the molecule is Cn1cc(C(=O)NCC2CCN(C(=O)O)CC2)cn1. The Morgan fingerprint density at radius 3 is 2.68 bits per heavy atom. The molecule has 0 atom stereocenters. The minimum Gasteiger partial charge on any atom is -0.465 e. The molecule has 2 N–H and O–H groups in total. The molecule has 2 amide bonds. The van der Waals surface area contributed by atoms with Crippen LogP contribution < -0.4 is 5.32 Å². The molecule has 1 fully saturated rings. The van der Waals surface area contributed by atoms with E-state index in [1.807, 2.05) is 0 Å². The van der Waals surface area contributed by atoms with Gasteiger partial charge in [-0.3, -0.25) is 9.48 Å². The molecule has 0 spiro atoms. The smallest absolute Gasteiger partial charge is 0.407 e. The molecule has 1 aromatic rings. The van der Waals surface area contributed by atoms with E-state index >= 15 is 0 Å². The molecular weight excluding hydrogens is 248 g/mol. The number of hydrogen-bond acceptors (Lipinski definition) is 3. The fourth-order valence-corrected chi connectivity index (χ4v) is 2.21. The van der Waals surface area contributed by atoms with Crippen LogP contribution in [0.5, 0.6) is 0 Å². The predicted molar refractivity (Wildman–Crippen MR) is 67.9 cm³/mol. The van der Waals surface area contributed by atoms with Gasteiger partial charge in [0, 0.05) is 32.9 Å². The van der Waals surface area contributed by atoms with Crippen molar-refractivity contribution in [3.63, 3.8) is 0 Å². The maximum absolute atomic E-state index is 11.8. The first-order valence-electron chi connectivity index (χ1n) is 6.31. The first-order chi connectivity index (χ1) is 9.06. The Bertz CT molecular complexity index is 463. The second-order valence-corrected chi connectivity index (χ2v) is 4.83. The third-order valence-corrected chi connectivity index (χ3v) is 3.40. The van der Waals surface area contributed by atoms with Gasteiger partial charge in [-0.05, 0) is 18.8 Å². The number of carbonyl (C=O) groups excluding carboxylic acids is 1. The van der Waals surface area contributed by atoms with Crippen LogP contribution in [-0.4, -0.2) is 51.4 Å². The van der Waals surface area contributed by atoms with Crippen LogP contribution in [0.2, 0.25) is 0 Å². The second-order valence-electron chi connectivity index (χ2n) is 4.83. The Balaban J connectivity index is 1.75. The molecule has 0 radical (unpaired) electrons. The van der Waals surface area contributed by atoms with E-state index in [4.69, 9.17) is 5.11 Å². The lowest BCUT2D eigenvalue weighted by Crippen LogP contribution is -2.40. The molecule has 0 aliphatic carbocycles. The van der Waals surface area contributed by atoms with Gasteiger partial charge in [-0.1, -0.05) is 0 Å². The lowest BCUT2D eigenvalue weighted by Gasteiger charge is -2.29. The summed E-state index contributed by atoms with van der Waals surface area (Å²) in [6, 6.07) is 0. The summed E-state index contributed by atoms with van der Waals surface area (Å²) in [7, 11) is 1.76. The van der Waals surface area contributed by atoms with Crippen molar-refractivity contribution in [1.29, 1.82) is 0 Å². The largest absolute Gasteiger partial charge is 0.465 e. The number of carbonyl (C=O) groups is 2. The Hall–Kier alpha value is -2.05. The van der Waals surface area contributed by atoms with Gasteiger partial charge in [0.05, 0.1) is 11.8 Å². The summed E-state index contributed by atoms with van der Waals surface area (Å²) in [5.74, 6) is 0.213.